The molecular weight excluding hydrogens is 490 g/mol. The number of phenolic OH excluding ortho intramolecular Hbond substituents is 1. The molecule has 13 heteroatoms. The SMILES string of the molecule is Cc1cc([C@H](NC2=NS(=O)N=C2Nc2ccc(Cl)c(S(=O)(=O)N(C)C)c2O)C(C)C)oc1C. The summed E-state index contributed by atoms with van der Waals surface area (Å²) in [6.07, 6.45) is 0. The number of phenols is 1. The number of furan rings is 1. The topological polar surface area (TPSA) is 137 Å². The van der Waals surface area contributed by atoms with Crippen molar-refractivity contribution in [3.63, 3.8) is 0 Å². The molecule has 33 heavy (non-hydrogen) atoms. The summed E-state index contributed by atoms with van der Waals surface area (Å²) in [7, 11) is -1.38. The number of hydrogen-bond acceptors (Lipinski definition) is 7. The van der Waals surface area contributed by atoms with Crippen LogP contribution >= 0.6 is 11.6 Å². The second-order valence-corrected chi connectivity index (χ2v) is 11.4. The molecule has 0 amide bonds. The molecule has 3 rings (SSSR count). The maximum atomic E-state index is 12.6. The fourth-order valence-electron chi connectivity index (χ4n) is 3.11. The molecule has 1 aromatic heterocycles. The zero-order chi connectivity index (χ0) is 24.7. The standard InChI is InChI=1S/C20H26ClN5O5S2/c1-10(2)16(15-9-11(3)12(4)31-15)23-20-19(24-32(28)25-20)22-14-8-7-13(21)18(17(14)27)33(29,30)26(5)6/h7-10,16,27H,1-6H3,(H,22,24)(H,23,25)/t16-,32?/m1/s1. The van der Waals surface area contributed by atoms with Gasteiger partial charge in [-0.25, -0.2) is 16.9 Å². The molecule has 1 unspecified atom stereocenters. The van der Waals surface area contributed by atoms with Gasteiger partial charge in [0.25, 0.3) is 11.2 Å². The van der Waals surface area contributed by atoms with E-state index in [1.807, 2.05) is 33.8 Å². The molecule has 0 radical (unpaired) electrons. The van der Waals surface area contributed by atoms with Crippen LogP contribution in [0.25, 0.3) is 0 Å². The lowest BCUT2D eigenvalue weighted by molar-refractivity contribution is 0.369. The average Bonchev–Trinajstić information content (AvgIpc) is 3.22. The molecule has 10 nitrogen and oxygen atoms in total. The van der Waals surface area contributed by atoms with Crippen LogP contribution in [0.1, 0.15) is 37.0 Å². The maximum Gasteiger partial charge on any atom is 0.269 e. The molecule has 0 fully saturated rings. The molecule has 0 bridgehead atoms. The molecule has 0 saturated heterocycles. The predicted molar refractivity (Wildman–Crippen MR) is 130 cm³/mol. The van der Waals surface area contributed by atoms with E-state index in [0.717, 1.165) is 15.6 Å². The lowest BCUT2D eigenvalue weighted by Gasteiger charge is -2.22. The van der Waals surface area contributed by atoms with Crippen LogP contribution in [0, 0.1) is 19.8 Å². The minimum absolute atomic E-state index is 0.0118. The van der Waals surface area contributed by atoms with E-state index in [9.17, 15) is 17.7 Å². The van der Waals surface area contributed by atoms with E-state index < -0.39 is 31.8 Å². The van der Waals surface area contributed by atoms with Crippen molar-refractivity contribution in [2.24, 2.45) is 14.7 Å². The van der Waals surface area contributed by atoms with Gasteiger partial charge in [-0.05, 0) is 43.5 Å². The van der Waals surface area contributed by atoms with E-state index in [4.69, 9.17) is 16.0 Å². The van der Waals surface area contributed by atoms with Crippen molar-refractivity contribution >= 4 is 50.2 Å². The minimum Gasteiger partial charge on any atom is -0.504 e. The van der Waals surface area contributed by atoms with Crippen molar-refractivity contribution in [2.45, 2.75) is 38.6 Å². The van der Waals surface area contributed by atoms with Crippen LogP contribution in [-0.2, 0) is 21.2 Å². The van der Waals surface area contributed by atoms with E-state index in [-0.39, 0.29) is 34.3 Å². The Kier molecular flexibility index (Phi) is 7.22. The van der Waals surface area contributed by atoms with Crippen molar-refractivity contribution < 1.29 is 22.2 Å². The van der Waals surface area contributed by atoms with Gasteiger partial charge in [-0.2, -0.15) is 0 Å². The van der Waals surface area contributed by atoms with Gasteiger partial charge < -0.3 is 20.2 Å². The molecule has 180 valence electrons. The number of amidine groups is 2. The second kappa shape index (κ2) is 9.45. The monoisotopic (exact) mass is 515 g/mol. The number of sulfonamides is 1. The van der Waals surface area contributed by atoms with Crippen molar-refractivity contribution in [3.05, 3.63) is 40.3 Å². The van der Waals surface area contributed by atoms with Crippen molar-refractivity contribution in [1.82, 2.24) is 9.62 Å². The zero-order valence-electron chi connectivity index (χ0n) is 19.0. The largest absolute Gasteiger partial charge is 0.504 e. The third-order valence-corrected chi connectivity index (χ3v) is 8.08. The molecule has 1 aromatic carbocycles. The van der Waals surface area contributed by atoms with Crippen LogP contribution in [0.15, 0.2) is 36.3 Å². The minimum atomic E-state index is -4.03. The number of nitrogens with zero attached hydrogens (tertiary/aromatic N) is 3. The number of halogens is 1. The van der Waals surface area contributed by atoms with Crippen LogP contribution in [0.2, 0.25) is 5.02 Å². The van der Waals surface area contributed by atoms with Gasteiger partial charge in [-0.15, -0.1) is 8.80 Å². The first-order chi connectivity index (χ1) is 15.3. The fraction of sp³-hybridized carbons (Fsp3) is 0.400. The highest BCUT2D eigenvalue weighted by atomic mass is 35.5. The Morgan fingerprint density at radius 2 is 1.82 bits per heavy atom. The quantitative estimate of drug-likeness (QED) is 0.502. The second-order valence-electron chi connectivity index (χ2n) is 8.05. The van der Waals surface area contributed by atoms with E-state index in [1.54, 1.807) is 0 Å². The fourth-order valence-corrected chi connectivity index (χ4v) is 5.21. The summed E-state index contributed by atoms with van der Waals surface area (Å²) >= 11 is 4.17. The Balaban J connectivity index is 1.94. The summed E-state index contributed by atoms with van der Waals surface area (Å²) in [5, 5.41) is 16.6. The third-order valence-electron chi connectivity index (χ3n) is 5.09. The van der Waals surface area contributed by atoms with Crippen LogP contribution in [0.4, 0.5) is 5.69 Å². The maximum absolute atomic E-state index is 12.6. The molecule has 2 heterocycles. The van der Waals surface area contributed by atoms with Gasteiger partial charge >= 0.3 is 0 Å². The van der Waals surface area contributed by atoms with Gasteiger partial charge in [0.15, 0.2) is 17.4 Å². The highest BCUT2D eigenvalue weighted by molar-refractivity contribution is 7.89. The Hall–Kier alpha value is -2.41. The number of hydrogen-bond donors (Lipinski definition) is 3. The molecule has 3 N–H and O–H groups in total. The predicted octanol–water partition coefficient (Wildman–Crippen LogP) is 3.29. The van der Waals surface area contributed by atoms with Gasteiger partial charge in [0.2, 0.25) is 10.0 Å². The van der Waals surface area contributed by atoms with Gasteiger partial charge in [0, 0.05) is 14.1 Å². The van der Waals surface area contributed by atoms with E-state index in [0.29, 0.717) is 5.76 Å². The van der Waals surface area contributed by atoms with Crippen LogP contribution in [0.5, 0.6) is 5.75 Å². The first-order valence-corrected chi connectivity index (χ1v) is 12.8. The smallest absolute Gasteiger partial charge is 0.269 e. The van der Waals surface area contributed by atoms with Crippen molar-refractivity contribution in [1.29, 1.82) is 0 Å². The molecule has 2 atom stereocenters. The zero-order valence-corrected chi connectivity index (χ0v) is 21.4. The normalized spacial score (nSPS) is 17.3. The van der Waals surface area contributed by atoms with Crippen LogP contribution in [-0.4, -0.2) is 47.8 Å². The third kappa shape index (κ3) is 5.08. The Labute approximate surface area is 200 Å². The summed E-state index contributed by atoms with van der Waals surface area (Å²) in [5.74, 6) is 1.23. The summed E-state index contributed by atoms with van der Waals surface area (Å²) in [6.45, 7) is 7.80. The Bertz CT molecular complexity index is 1250. The van der Waals surface area contributed by atoms with E-state index >= 15 is 0 Å². The molecule has 1 aliphatic rings. The van der Waals surface area contributed by atoms with Gasteiger partial charge in [0.1, 0.15) is 16.4 Å². The summed E-state index contributed by atoms with van der Waals surface area (Å²) in [5.41, 5.74) is 1.01. The van der Waals surface area contributed by atoms with E-state index in [2.05, 4.69) is 19.4 Å². The number of anilines is 1. The first-order valence-electron chi connectivity index (χ1n) is 9.97. The summed E-state index contributed by atoms with van der Waals surface area (Å²) in [4.78, 5) is -0.452. The Morgan fingerprint density at radius 1 is 1.18 bits per heavy atom. The highest BCUT2D eigenvalue weighted by Gasteiger charge is 2.30. The number of nitrogens with one attached hydrogen (secondary N) is 2. The molecule has 0 aliphatic carbocycles. The van der Waals surface area contributed by atoms with Crippen LogP contribution in [0.3, 0.4) is 0 Å². The van der Waals surface area contributed by atoms with Crippen molar-refractivity contribution in [2.75, 3.05) is 19.4 Å². The van der Waals surface area contributed by atoms with Crippen LogP contribution < -0.4 is 10.6 Å². The number of rotatable bonds is 6. The molecular formula is C20H26ClN5O5S2. The lowest BCUT2D eigenvalue weighted by atomic mass is 10.0. The summed E-state index contributed by atoms with van der Waals surface area (Å²) < 4.78 is 52.1. The van der Waals surface area contributed by atoms with Gasteiger partial charge in [-0.3, -0.25) is 0 Å². The molecule has 1 aliphatic heterocycles. The van der Waals surface area contributed by atoms with Gasteiger partial charge in [0.05, 0.1) is 16.8 Å². The Morgan fingerprint density at radius 3 is 2.36 bits per heavy atom. The average molecular weight is 516 g/mol. The lowest BCUT2D eigenvalue weighted by Crippen LogP contribution is -2.38. The molecule has 2 aromatic rings. The number of aromatic hydroxyl groups is 1. The highest BCUT2D eigenvalue weighted by Crippen LogP contribution is 2.38. The molecule has 0 spiro atoms. The van der Waals surface area contributed by atoms with Gasteiger partial charge in [-0.1, -0.05) is 25.4 Å². The number of benzene rings is 1. The first kappa shape index (κ1) is 25.2. The van der Waals surface area contributed by atoms with Crippen molar-refractivity contribution in [3.8, 4) is 5.75 Å². The summed E-state index contributed by atoms with van der Waals surface area (Å²) in [6, 6.07) is 4.35. The number of aryl methyl sites for hydroxylation is 2. The van der Waals surface area contributed by atoms with E-state index in [1.165, 1.54) is 26.2 Å². The molecule has 0 saturated carbocycles.